The zero-order valence-electron chi connectivity index (χ0n) is 9.91. The molecule has 2 rings (SSSR count). The van der Waals surface area contributed by atoms with Gasteiger partial charge in [-0.15, -0.1) is 0 Å². The van der Waals surface area contributed by atoms with E-state index >= 15 is 0 Å². The van der Waals surface area contributed by atoms with Crippen molar-refractivity contribution in [1.29, 1.82) is 0 Å². The van der Waals surface area contributed by atoms with E-state index in [-0.39, 0.29) is 21.4 Å². The molecule has 2 aromatic rings. The van der Waals surface area contributed by atoms with Crippen LogP contribution in [0, 0.1) is 0 Å². The molecule has 0 radical (unpaired) electrons. The van der Waals surface area contributed by atoms with Crippen LogP contribution in [0.1, 0.15) is 15.9 Å². The van der Waals surface area contributed by atoms with Crippen LogP contribution in [0.4, 0.5) is 0 Å². The monoisotopic (exact) mass is 314 g/mol. The van der Waals surface area contributed by atoms with Crippen molar-refractivity contribution < 1.29 is 9.53 Å². The Morgan fingerprint density at radius 3 is 2.00 bits per heavy atom. The summed E-state index contributed by atoms with van der Waals surface area (Å²) in [4.78, 5) is 12.3. The summed E-state index contributed by atoms with van der Waals surface area (Å²) < 4.78 is 5.03. The van der Waals surface area contributed by atoms with Gasteiger partial charge in [0.25, 0.3) is 0 Å². The number of rotatable bonds is 3. The van der Waals surface area contributed by atoms with Crippen LogP contribution >= 0.6 is 34.8 Å². The molecule has 0 amide bonds. The molecule has 0 aromatic heterocycles. The van der Waals surface area contributed by atoms with Gasteiger partial charge < -0.3 is 4.74 Å². The molecule has 0 aliphatic heterocycles. The lowest BCUT2D eigenvalue weighted by molar-refractivity contribution is 0.103. The Bertz CT molecular complexity index is 598. The molecule has 0 bridgehead atoms. The van der Waals surface area contributed by atoms with Crippen molar-refractivity contribution in [2.75, 3.05) is 7.11 Å². The van der Waals surface area contributed by atoms with Crippen molar-refractivity contribution in [1.82, 2.24) is 0 Å². The summed E-state index contributed by atoms with van der Waals surface area (Å²) >= 11 is 17.9. The number of halogens is 3. The number of ether oxygens (including phenoxy) is 1. The first-order valence-electron chi connectivity index (χ1n) is 5.36. The molecule has 0 aliphatic rings. The Morgan fingerprint density at radius 1 is 1.00 bits per heavy atom. The number of benzene rings is 2. The minimum absolute atomic E-state index is 0.254. The van der Waals surface area contributed by atoms with Gasteiger partial charge in [-0.2, -0.15) is 0 Å². The Kier molecular flexibility index (Phi) is 4.35. The molecule has 2 nitrogen and oxygen atoms in total. The minimum atomic E-state index is -0.255. The highest BCUT2D eigenvalue weighted by atomic mass is 35.5. The second-order valence-corrected chi connectivity index (χ2v) is 5.05. The third-order valence-electron chi connectivity index (χ3n) is 2.58. The van der Waals surface area contributed by atoms with Gasteiger partial charge in [-0.1, -0.05) is 34.8 Å². The number of hydrogen-bond acceptors (Lipinski definition) is 2. The van der Waals surface area contributed by atoms with E-state index in [9.17, 15) is 4.79 Å². The van der Waals surface area contributed by atoms with Crippen molar-refractivity contribution in [3.63, 3.8) is 0 Å². The van der Waals surface area contributed by atoms with Gasteiger partial charge in [0.1, 0.15) is 5.75 Å². The number of carbonyl (C=O) groups is 1. The van der Waals surface area contributed by atoms with Gasteiger partial charge in [-0.3, -0.25) is 4.79 Å². The van der Waals surface area contributed by atoms with Crippen LogP contribution in [0.15, 0.2) is 36.4 Å². The van der Waals surface area contributed by atoms with Crippen molar-refractivity contribution in [2.24, 2.45) is 0 Å². The molecule has 19 heavy (non-hydrogen) atoms. The molecule has 5 heteroatoms. The Hall–Kier alpha value is -1.22. The molecule has 98 valence electrons. The predicted molar refractivity (Wildman–Crippen MR) is 77.9 cm³/mol. The fourth-order valence-corrected chi connectivity index (χ4v) is 2.39. The van der Waals surface area contributed by atoms with E-state index in [1.807, 2.05) is 0 Å². The van der Waals surface area contributed by atoms with Gasteiger partial charge in [0.05, 0.1) is 22.7 Å². The quantitative estimate of drug-likeness (QED) is 0.754. The summed E-state index contributed by atoms with van der Waals surface area (Å²) in [7, 11) is 1.50. The highest BCUT2D eigenvalue weighted by Crippen LogP contribution is 2.32. The summed E-state index contributed by atoms with van der Waals surface area (Å²) in [6.45, 7) is 0. The average Bonchev–Trinajstić information content (AvgIpc) is 2.38. The maximum absolute atomic E-state index is 12.3. The summed E-state index contributed by atoms with van der Waals surface area (Å²) in [5.74, 6) is 0.247. The molecule has 0 unspecified atom stereocenters. The minimum Gasteiger partial charge on any atom is -0.497 e. The largest absolute Gasteiger partial charge is 0.497 e. The molecule has 0 heterocycles. The number of carbonyl (C=O) groups excluding carboxylic acids is 1. The lowest BCUT2D eigenvalue weighted by atomic mass is 10.0. The van der Waals surface area contributed by atoms with E-state index < -0.39 is 0 Å². The van der Waals surface area contributed by atoms with Gasteiger partial charge in [0, 0.05) is 10.6 Å². The predicted octanol–water partition coefficient (Wildman–Crippen LogP) is 4.89. The fourth-order valence-electron chi connectivity index (χ4n) is 1.63. The maximum Gasteiger partial charge on any atom is 0.196 e. The second kappa shape index (κ2) is 5.83. The Morgan fingerprint density at radius 2 is 1.53 bits per heavy atom. The molecule has 0 spiro atoms. The highest BCUT2D eigenvalue weighted by Gasteiger charge is 2.18. The van der Waals surface area contributed by atoms with E-state index in [1.54, 1.807) is 36.4 Å². The maximum atomic E-state index is 12.3. The molecular formula is C14H9Cl3O2. The molecule has 2 aromatic carbocycles. The fraction of sp³-hybridized carbons (Fsp3) is 0.0714. The van der Waals surface area contributed by atoms with E-state index in [1.165, 1.54) is 7.11 Å². The summed E-state index contributed by atoms with van der Waals surface area (Å²) in [6.07, 6.45) is 0. The van der Waals surface area contributed by atoms with Gasteiger partial charge in [0.15, 0.2) is 5.78 Å². The van der Waals surface area contributed by atoms with Crippen LogP contribution in [0.3, 0.4) is 0 Å². The normalized spacial score (nSPS) is 10.3. The van der Waals surface area contributed by atoms with Gasteiger partial charge in [0.2, 0.25) is 0 Å². The number of ketones is 1. The Balaban J connectivity index is 2.47. The van der Waals surface area contributed by atoms with Crippen molar-refractivity contribution >= 4 is 40.6 Å². The number of hydrogen-bond donors (Lipinski definition) is 0. The lowest BCUT2D eigenvalue weighted by Crippen LogP contribution is -2.03. The average molecular weight is 316 g/mol. The topological polar surface area (TPSA) is 26.3 Å². The molecule has 0 N–H and O–H groups in total. The summed E-state index contributed by atoms with van der Waals surface area (Å²) in [6, 6.07) is 9.64. The SMILES string of the molecule is COc1cc(Cl)c(C(=O)c2ccc(Cl)cc2)c(Cl)c1. The molecule has 0 saturated heterocycles. The molecule has 0 aliphatic carbocycles. The van der Waals surface area contributed by atoms with E-state index in [4.69, 9.17) is 39.5 Å². The second-order valence-electron chi connectivity index (χ2n) is 3.80. The van der Waals surface area contributed by atoms with Crippen LogP contribution in [0.25, 0.3) is 0 Å². The summed E-state index contributed by atoms with van der Waals surface area (Å²) in [5, 5.41) is 1.07. The smallest absolute Gasteiger partial charge is 0.196 e. The third kappa shape index (κ3) is 3.03. The first-order valence-corrected chi connectivity index (χ1v) is 6.49. The van der Waals surface area contributed by atoms with Crippen molar-refractivity contribution in [3.05, 3.63) is 62.6 Å². The van der Waals surface area contributed by atoms with Gasteiger partial charge >= 0.3 is 0 Å². The molecular weight excluding hydrogens is 307 g/mol. The molecule has 0 atom stereocenters. The van der Waals surface area contributed by atoms with Gasteiger partial charge in [-0.05, 0) is 36.4 Å². The molecule has 0 fully saturated rings. The first kappa shape index (κ1) is 14.2. The zero-order valence-corrected chi connectivity index (χ0v) is 12.2. The van der Waals surface area contributed by atoms with E-state index in [0.717, 1.165) is 0 Å². The van der Waals surface area contributed by atoms with E-state index in [0.29, 0.717) is 16.3 Å². The van der Waals surface area contributed by atoms with Crippen LogP contribution in [-0.2, 0) is 0 Å². The van der Waals surface area contributed by atoms with Crippen LogP contribution in [0.5, 0.6) is 5.75 Å². The van der Waals surface area contributed by atoms with Crippen LogP contribution in [-0.4, -0.2) is 12.9 Å². The Labute approximate surface area is 125 Å². The first-order chi connectivity index (χ1) is 9.02. The zero-order chi connectivity index (χ0) is 14.0. The third-order valence-corrected chi connectivity index (χ3v) is 3.43. The van der Waals surface area contributed by atoms with Crippen molar-refractivity contribution in [3.8, 4) is 5.75 Å². The standard InChI is InChI=1S/C14H9Cl3O2/c1-19-10-6-11(16)13(12(17)7-10)14(18)8-2-4-9(15)5-3-8/h2-7H,1H3. The number of methoxy groups -OCH3 is 1. The van der Waals surface area contributed by atoms with Crippen LogP contribution < -0.4 is 4.74 Å². The van der Waals surface area contributed by atoms with Crippen LogP contribution in [0.2, 0.25) is 15.1 Å². The van der Waals surface area contributed by atoms with Crippen molar-refractivity contribution in [2.45, 2.75) is 0 Å². The van der Waals surface area contributed by atoms with E-state index in [2.05, 4.69) is 0 Å². The highest BCUT2D eigenvalue weighted by molar-refractivity contribution is 6.41. The lowest BCUT2D eigenvalue weighted by Gasteiger charge is -2.09. The summed E-state index contributed by atoms with van der Waals surface area (Å²) in [5.41, 5.74) is 0.727. The molecule has 0 saturated carbocycles. The van der Waals surface area contributed by atoms with Gasteiger partial charge in [-0.25, -0.2) is 0 Å².